The summed E-state index contributed by atoms with van der Waals surface area (Å²) in [7, 11) is 0. The van der Waals surface area contributed by atoms with Crippen LogP contribution in [0.1, 0.15) is 35.6 Å². The first-order valence-electron chi connectivity index (χ1n) is 12.2. The number of rotatable bonds is 12. The average molecular weight is 522 g/mol. The topological polar surface area (TPSA) is 92.2 Å². The molecule has 9 heteroatoms. The van der Waals surface area contributed by atoms with Crippen molar-refractivity contribution in [1.29, 1.82) is 0 Å². The van der Waals surface area contributed by atoms with E-state index in [0.717, 1.165) is 17.7 Å². The number of carbonyl (C=O) groups excluding carboxylic acids is 1. The zero-order chi connectivity index (χ0) is 27.0. The third kappa shape index (κ3) is 6.07. The van der Waals surface area contributed by atoms with E-state index in [4.69, 9.17) is 19.6 Å². The Kier molecular flexibility index (Phi) is 8.83. The number of aliphatic hydroxyl groups is 1. The minimum atomic E-state index is -1.40. The van der Waals surface area contributed by atoms with Crippen LogP contribution in [0, 0.1) is 11.6 Å². The molecule has 0 aliphatic carbocycles. The van der Waals surface area contributed by atoms with Crippen LogP contribution in [-0.2, 0) is 16.1 Å². The third-order valence-corrected chi connectivity index (χ3v) is 6.08. The number of carbonyl (C=O) groups is 1. The number of benzene rings is 3. The van der Waals surface area contributed by atoms with Crippen LogP contribution in [0.25, 0.3) is 0 Å². The number of aliphatic imine (C=N–C) groups is 1. The molecule has 0 saturated carbocycles. The van der Waals surface area contributed by atoms with Gasteiger partial charge in [-0.15, -0.1) is 6.58 Å². The van der Waals surface area contributed by atoms with Crippen LogP contribution in [0.15, 0.2) is 90.4 Å². The highest BCUT2D eigenvalue weighted by Gasteiger charge is 2.52. The van der Waals surface area contributed by atoms with E-state index in [1.54, 1.807) is 30.3 Å². The number of amides is 1. The molecule has 3 N–H and O–H groups in total. The number of hydrogen-bond donors (Lipinski definition) is 3. The summed E-state index contributed by atoms with van der Waals surface area (Å²) in [5.41, 5.74) is 5.54. The fourth-order valence-corrected chi connectivity index (χ4v) is 4.16. The van der Waals surface area contributed by atoms with Crippen molar-refractivity contribution in [3.05, 3.63) is 114 Å². The SMILES string of the molecule is C=CC[C@]1(C(=O)NNCc2ccc(F)cc2F)N=C(c2ccc(OCCCO)cc2)O[C@H]1c1ccccc1. The average Bonchev–Trinajstić information content (AvgIpc) is 3.32. The zero-order valence-corrected chi connectivity index (χ0v) is 20.7. The summed E-state index contributed by atoms with van der Waals surface area (Å²) >= 11 is 0. The van der Waals surface area contributed by atoms with Gasteiger partial charge < -0.3 is 14.6 Å². The van der Waals surface area contributed by atoms with Crippen LogP contribution in [0.5, 0.6) is 5.75 Å². The van der Waals surface area contributed by atoms with Crippen LogP contribution >= 0.6 is 0 Å². The number of nitrogens with zero attached hydrogens (tertiary/aromatic N) is 1. The molecule has 0 spiro atoms. The van der Waals surface area contributed by atoms with E-state index in [1.807, 2.05) is 30.3 Å². The van der Waals surface area contributed by atoms with Gasteiger partial charge in [0, 0.05) is 43.2 Å². The summed E-state index contributed by atoms with van der Waals surface area (Å²) in [6.07, 6.45) is 1.53. The quantitative estimate of drug-likeness (QED) is 0.187. The van der Waals surface area contributed by atoms with E-state index in [2.05, 4.69) is 17.4 Å². The highest BCUT2D eigenvalue weighted by atomic mass is 19.1. The number of hydrazine groups is 1. The van der Waals surface area contributed by atoms with Crippen molar-refractivity contribution in [1.82, 2.24) is 10.9 Å². The number of ether oxygens (including phenoxy) is 2. The maximum atomic E-state index is 14.0. The summed E-state index contributed by atoms with van der Waals surface area (Å²) in [6, 6.07) is 19.6. The Morgan fingerprint density at radius 2 is 1.89 bits per heavy atom. The van der Waals surface area contributed by atoms with Crippen molar-refractivity contribution in [2.75, 3.05) is 13.2 Å². The maximum absolute atomic E-state index is 14.0. The van der Waals surface area contributed by atoms with Crippen molar-refractivity contribution in [3.63, 3.8) is 0 Å². The molecule has 0 fully saturated rings. The van der Waals surface area contributed by atoms with Crippen molar-refractivity contribution >= 4 is 11.8 Å². The molecule has 1 heterocycles. The first-order valence-corrected chi connectivity index (χ1v) is 12.2. The minimum Gasteiger partial charge on any atom is -0.494 e. The molecule has 3 aromatic rings. The van der Waals surface area contributed by atoms with Gasteiger partial charge in [0.1, 0.15) is 17.4 Å². The zero-order valence-electron chi connectivity index (χ0n) is 20.7. The molecule has 0 saturated heterocycles. The normalized spacial score (nSPS) is 18.4. The molecule has 38 heavy (non-hydrogen) atoms. The van der Waals surface area contributed by atoms with E-state index in [0.29, 0.717) is 24.3 Å². The van der Waals surface area contributed by atoms with Crippen LogP contribution in [-0.4, -0.2) is 35.7 Å². The van der Waals surface area contributed by atoms with Gasteiger partial charge in [0.2, 0.25) is 5.90 Å². The van der Waals surface area contributed by atoms with E-state index in [1.165, 1.54) is 6.07 Å². The van der Waals surface area contributed by atoms with Gasteiger partial charge in [-0.25, -0.2) is 19.2 Å². The van der Waals surface area contributed by atoms with Gasteiger partial charge in [0.05, 0.1) is 6.61 Å². The second-order valence-corrected chi connectivity index (χ2v) is 8.74. The van der Waals surface area contributed by atoms with Crippen LogP contribution in [0.2, 0.25) is 0 Å². The Balaban J connectivity index is 1.59. The van der Waals surface area contributed by atoms with Crippen LogP contribution < -0.4 is 15.6 Å². The molecule has 1 amide bonds. The lowest BCUT2D eigenvalue weighted by Gasteiger charge is -2.29. The van der Waals surface area contributed by atoms with Gasteiger partial charge in [-0.2, -0.15) is 0 Å². The summed E-state index contributed by atoms with van der Waals surface area (Å²) in [5.74, 6) is -0.980. The van der Waals surface area contributed by atoms with Crippen LogP contribution in [0.3, 0.4) is 0 Å². The number of halogens is 2. The van der Waals surface area contributed by atoms with E-state index in [-0.39, 0.29) is 31.0 Å². The summed E-state index contributed by atoms with van der Waals surface area (Å²) < 4.78 is 39.2. The van der Waals surface area contributed by atoms with E-state index < -0.39 is 29.2 Å². The molecule has 1 aliphatic rings. The lowest BCUT2D eigenvalue weighted by molar-refractivity contribution is -0.129. The van der Waals surface area contributed by atoms with Crippen LogP contribution in [0.4, 0.5) is 8.78 Å². The first kappa shape index (κ1) is 27.0. The van der Waals surface area contributed by atoms with Gasteiger partial charge in [0.15, 0.2) is 11.6 Å². The van der Waals surface area contributed by atoms with Gasteiger partial charge in [-0.05, 0) is 35.9 Å². The van der Waals surface area contributed by atoms with E-state index in [9.17, 15) is 13.6 Å². The van der Waals surface area contributed by atoms with Gasteiger partial charge in [-0.1, -0.05) is 42.5 Å². The molecule has 1 aliphatic heterocycles. The molecule has 2 atom stereocenters. The van der Waals surface area contributed by atoms with Gasteiger partial charge in [-0.3, -0.25) is 10.2 Å². The predicted octanol–water partition coefficient (Wildman–Crippen LogP) is 4.38. The molecule has 3 aromatic carbocycles. The second kappa shape index (κ2) is 12.4. The van der Waals surface area contributed by atoms with Gasteiger partial charge in [0.25, 0.3) is 5.91 Å². The van der Waals surface area contributed by atoms with Gasteiger partial charge >= 0.3 is 0 Å². The highest BCUT2D eigenvalue weighted by molar-refractivity contribution is 6.01. The second-order valence-electron chi connectivity index (χ2n) is 8.74. The Bertz CT molecular complexity index is 1280. The molecule has 0 bridgehead atoms. The standard InChI is InChI=1S/C29H29F2N3O4/c1-2-15-29(28(36)34-32-19-22-9-12-23(30)18-25(22)31)26(20-7-4-3-5-8-20)38-27(33-29)21-10-13-24(14-11-21)37-17-6-16-35/h2-5,7-14,18,26,32,35H,1,6,15-17,19H2,(H,34,36)/t26-,29-/m0/s1. The monoisotopic (exact) mass is 521 g/mol. The maximum Gasteiger partial charge on any atom is 0.266 e. The Morgan fingerprint density at radius 1 is 1.13 bits per heavy atom. The predicted molar refractivity (Wildman–Crippen MR) is 139 cm³/mol. The van der Waals surface area contributed by atoms with Crippen molar-refractivity contribution in [2.45, 2.75) is 31.0 Å². The molecule has 4 rings (SSSR count). The molecule has 198 valence electrons. The first-order chi connectivity index (χ1) is 18.5. The highest BCUT2D eigenvalue weighted by Crippen LogP contribution is 2.42. The summed E-state index contributed by atoms with van der Waals surface area (Å²) in [4.78, 5) is 18.4. The summed E-state index contributed by atoms with van der Waals surface area (Å²) in [5, 5.41) is 8.94. The van der Waals surface area contributed by atoms with Crippen molar-refractivity contribution < 1.29 is 28.2 Å². The molecule has 0 aromatic heterocycles. The van der Waals surface area contributed by atoms with E-state index >= 15 is 0 Å². The lowest BCUT2D eigenvalue weighted by Crippen LogP contribution is -2.52. The fourth-order valence-electron chi connectivity index (χ4n) is 4.16. The number of hydrogen-bond acceptors (Lipinski definition) is 6. The minimum absolute atomic E-state index is 0.0464. The Labute approximate surface area is 219 Å². The number of nitrogens with one attached hydrogen (secondary N) is 2. The fraction of sp³-hybridized carbons (Fsp3) is 0.241. The lowest BCUT2D eigenvalue weighted by atomic mass is 9.84. The Hall–Kier alpha value is -4.08. The van der Waals surface area contributed by atoms with Crippen molar-refractivity contribution in [2.24, 2.45) is 4.99 Å². The molecule has 0 radical (unpaired) electrons. The molecule has 0 unspecified atom stereocenters. The largest absolute Gasteiger partial charge is 0.494 e. The Morgan fingerprint density at radius 3 is 2.58 bits per heavy atom. The smallest absolute Gasteiger partial charge is 0.266 e. The molecular weight excluding hydrogens is 492 g/mol. The summed E-state index contributed by atoms with van der Waals surface area (Å²) in [6.45, 7) is 4.20. The molecular formula is C29H29F2N3O4. The third-order valence-electron chi connectivity index (χ3n) is 6.08. The van der Waals surface area contributed by atoms with Crippen molar-refractivity contribution in [3.8, 4) is 5.75 Å². The number of aliphatic hydroxyl groups excluding tert-OH is 1. The molecule has 7 nitrogen and oxygen atoms in total.